The van der Waals surface area contributed by atoms with E-state index in [1.807, 2.05) is 30.3 Å². The zero-order valence-electron chi connectivity index (χ0n) is 20.0. The number of nitrogens with zero attached hydrogens (tertiary/aromatic N) is 1. The third kappa shape index (κ3) is 1.95. The van der Waals surface area contributed by atoms with E-state index in [0.717, 1.165) is 18.0 Å². The largest absolute Gasteiger partial charge is 0.274 e. The van der Waals surface area contributed by atoms with Crippen LogP contribution in [-0.2, 0) is 9.59 Å². The molecule has 5 aliphatic carbocycles. The molecule has 1 saturated heterocycles. The Bertz CT molecular complexity index is 1070. The molecule has 1 aromatic rings. The van der Waals surface area contributed by atoms with E-state index < -0.39 is 8.07 Å². The summed E-state index contributed by atoms with van der Waals surface area (Å²) in [6, 6.07) is 9.61. The van der Waals surface area contributed by atoms with E-state index in [9.17, 15) is 9.59 Å². The fourth-order valence-electron chi connectivity index (χ4n) is 9.80. The lowest BCUT2D eigenvalue weighted by Crippen LogP contribution is -2.54. The second kappa shape index (κ2) is 5.44. The predicted octanol–water partition coefficient (Wildman–Crippen LogP) is 5.90. The van der Waals surface area contributed by atoms with Gasteiger partial charge in [-0.2, -0.15) is 0 Å². The van der Waals surface area contributed by atoms with Gasteiger partial charge in [0.1, 0.15) is 0 Å². The number of allylic oxidation sites excluding steroid dienone is 2. The van der Waals surface area contributed by atoms with Crippen LogP contribution in [-0.4, -0.2) is 19.9 Å². The fourth-order valence-corrected chi connectivity index (χ4v) is 14.1. The van der Waals surface area contributed by atoms with Crippen molar-refractivity contribution in [2.24, 2.45) is 39.9 Å². The van der Waals surface area contributed by atoms with Crippen LogP contribution in [0.3, 0.4) is 0 Å². The van der Waals surface area contributed by atoms with Crippen molar-refractivity contribution in [3.05, 3.63) is 41.5 Å². The summed E-state index contributed by atoms with van der Waals surface area (Å²) < 4.78 is 0. The number of rotatable bonds is 2. The molecule has 3 fully saturated rings. The molecule has 7 rings (SSSR count). The average Bonchev–Trinajstić information content (AvgIpc) is 3.19. The van der Waals surface area contributed by atoms with Gasteiger partial charge in [-0.1, -0.05) is 76.7 Å². The summed E-state index contributed by atoms with van der Waals surface area (Å²) in [5.41, 5.74) is 4.39. The molecule has 0 N–H and O–H groups in total. The normalized spacial score (nSPS) is 44.5. The van der Waals surface area contributed by atoms with E-state index in [1.54, 1.807) is 16.0 Å². The van der Waals surface area contributed by atoms with Crippen molar-refractivity contribution >= 4 is 25.6 Å². The Balaban J connectivity index is 1.58. The second-order valence-corrected chi connectivity index (χ2v) is 18.4. The molecule has 2 amide bonds. The number of para-hydroxylation sites is 1. The van der Waals surface area contributed by atoms with Gasteiger partial charge in [0.05, 0.1) is 17.5 Å². The summed E-state index contributed by atoms with van der Waals surface area (Å²) in [5, 5.41) is 0. The molecule has 0 aromatic heterocycles. The molecule has 4 bridgehead atoms. The Labute approximate surface area is 187 Å². The molecule has 7 atom stereocenters. The first-order valence-corrected chi connectivity index (χ1v) is 15.6. The van der Waals surface area contributed by atoms with Gasteiger partial charge in [-0.15, -0.1) is 0 Å². The van der Waals surface area contributed by atoms with Crippen molar-refractivity contribution < 1.29 is 9.59 Å². The van der Waals surface area contributed by atoms with Gasteiger partial charge < -0.3 is 0 Å². The summed E-state index contributed by atoms with van der Waals surface area (Å²) in [4.78, 5) is 29.6. The first-order chi connectivity index (χ1) is 14.4. The maximum absolute atomic E-state index is 14.1. The molecule has 6 aliphatic rings. The first kappa shape index (κ1) is 20.0. The Morgan fingerprint density at radius 1 is 0.903 bits per heavy atom. The SMILES string of the molecule is CC1(C)C2CC3=C(C1C2)C1(C)C2C(=O)N(c4ccccc4)C(=O)C2C3(C)C1[Si](C)(C)C. The third-order valence-electron chi connectivity index (χ3n) is 10.5. The van der Waals surface area contributed by atoms with Gasteiger partial charge in [0.15, 0.2) is 0 Å². The van der Waals surface area contributed by atoms with E-state index in [2.05, 4.69) is 47.3 Å². The van der Waals surface area contributed by atoms with Crippen LogP contribution in [0.25, 0.3) is 0 Å². The molecule has 7 unspecified atom stereocenters. The number of anilines is 1. The maximum Gasteiger partial charge on any atom is 0.238 e. The van der Waals surface area contributed by atoms with Crippen molar-refractivity contribution in [2.45, 2.75) is 65.7 Å². The molecule has 31 heavy (non-hydrogen) atoms. The van der Waals surface area contributed by atoms with Gasteiger partial charge in [-0.3, -0.25) is 14.5 Å². The number of hydrogen-bond acceptors (Lipinski definition) is 2. The van der Waals surface area contributed by atoms with Crippen molar-refractivity contribution in [2.75, 3.05) is 4.90 Å². The van der Waals surface area contributed by atoms with E-state index in [0.29, 0.717) is 16.9 Å². The van der Waals surface area contributed by atoms with Gasteiger partial charge in [0, 0.05) is 18.9 Å². The van der Waals surface area contributed by atoms with E-state index in [4.69, 9.17) is 0 Å². The third-order valence-corrected chi connectivity index (χ3v) is 13.4. The average molecular weight is 434 g/mol. The molecule has 164 valence electrons. The Morgan fingerprint density at radius 2 is 1.48 bits per heavy atom. The highest BCUT2D eigenvalue weighted by atomic mass is 28.3. The highest BCUT2D eigenvalue weighted by Gasteiger charge is 2.82. The number of benzene rings is 1. The number of fused-ring (bicyclic) bond motifs is 5. The Hall–Kier alpha value is -1.68. The van der Waals surface area contributed by atoms with Crippen molar-refractivity contribution in [3.8, 4) is 0 Å². The Kier molecular flexibility index (Phi) is 3.50. The van der Waals surface area contributed by atoms with Gasteiger partial charge in [-0.25, -0.2) is 0 Å². The monoisotopic (exact) mass is 433 g/mol. The number of imide groups is 1. The van der Waals surface area contributed by atoms with E-state index in [1.165, 1.54) is 6.42 Å². The quantitative estimate of drug-likeness (QED) is 0.331. The molecule has 1 aromatic carbocycles. The summed E-state index contributed by atoms with van der Waals surface area (Å²) in [5.74, 6) is 1.04. The highest BCUT2D eigenvalue weighted by Crippen LogP contribution is 2.84. The molecule has 0 spiro atoms. The van der Waals surface area contributed by atoms with Gasteiger partial charge >= 0.3 is 0 Å². The van der Waals surface area contributed by atoms with E-state index in [-0.39, 0.29) is 34.5 Å². The van der Waals surface area contributed by atoms with Crippen molar-refractivity contribution in [1.82, 2.24) is 0 Å². The number of carbonyl (C=O) groups is 2. The van der Waals surface area contributed by atoms with Crippen molar-refractivity contribution in [3.63, 3.8) is 0 Å². The lowest BCUT2D eigenvalue weighted by Gasteiger charge is -2.61. The standard InChI is InChI=1S/C27H35NO2Si/c1-25(2)15-13-17(25)19-18(14-15)26(3)20-21(27(19,4)24(26)31(5,6)7)23(30)28(22(20)29)16-11-9-8-10-12-16/h8-12,15,17,20-21,24H,13-14H2,1-7H3. The van der Waals surface area contributed by atoms with Gasteiger partial charge in [0.2, 0.25) is 11.8 Å². The van der Waals surface area contributed by atoms with Crippen molar-refractivity contribution in [1.29, 1.82) is 0 Å². The second-order valence-electron chi connectivity index (χ2n) is 13.1. The summed E-state index contributed by atoms with van der Waals surface area (Å²) in [7, 11) is -1.67. The van der Waals surface area contributed by atoms with Crippen LogP contribution in [0.5, 0.6) is 0 Å². The smallest absolute Gasteiger partial charge is 0.238 e. The topological polar surface area (TPSA) is 37.4 Å². The lowest BCUT2D eigenvalue weighted by molar-refractivity contribution is -0.124. The number of amides is 2. The molecular weight excluding hydrogens is 398 g/mol. The van der Waals surface area contributed by atoms with Crippen LogP contribution in [0.2, 0.25) is 25.2 Å². The molecule has 0 radical (unpaired) electrons. The fraction of sp³-hybridized carbons (Fsp3) is 0.630. The summed E-state index contributed by atoms with van der Waals surface area (Å²) >= 11 is 0. The minimum Gasteiger partial charge on any atom is -0.274 e. The maximum atomic E-state index is 14.1. The van der Waals surface area contributed by atoms with Crippen LogP contribution in [0, 0.1) is 39.9 Å². The molecular formula is C27H35NO2Si. The minimum absolute atomic E-state index is 0.0562. The number of carbonyl (C=O) groups excluding carboxylic acids is 2. The molecule has 2 saturated carbocycles. The molecule has 1 heterocycles. The van der Waals surface area contributed by atoms with Crippen LogP contribution in [0.15, 0.2) is 41.5 Å². The van der Waals surface area contributed by atoms with Crippen LogP contribution >= 0.6 is 0 Å². The summed E-state index contributed by atoms with van der Waals surface area (Å²) in [6.45, 7) is 17.1. The van der Waals surface area contributed by atoms with Crippen LogP contribution in [0.1, 0.15) is 40.5 Å². The summed E-state index contributed by atoms with van der Waals surface area (Å²) in [6.07, 6.45) is 2.42. The zero-order chi connectivity index (χ0) is 22.3. The lowest BCUT2D eigenvalue weighted by atomic mass is 9.42. The van der Waals surface area contributed by atoms with Gasteiger partial charge in [-0.05, 0) is 47.8 Å². The predicted molar refractivity (Wildman–Crippen MR) is 126 cm³/mol. The van der Waals surface area contributed by atoms with Crippen LogP contribution < -0.4 is 4.90 Å². The Morgan fingerprint density at radius 3 is 2.03 bits per heavy atom. The van der Waals surface area contributed by atoms with E-state index >= 15 is 0 Å². The molecule has 1 aliphatic heterocycles. The molecule has 3 nitrogen and oxygen atoms in total. The van der Waals surface area contributed by atoms with Crippen LogP contribution in [0.4, 0.5) is 5.69 Å². The minimum atomic E-state index is -1.67. The highest BCUT2D eigenvalue weighted by molar-refractivity contribution is 6.78. The first-order valence-electron chi connectivity index (χ1n) is 12.0. The zero-order valence-corrected chi connectivity index (χ0v) is 21.0. The molecule has 4 heteroatoms. The number of hydrogen-bond donors (Lipinski definition) is 0. The van der Waals surface area contributed by atoms with Gasteiger partial charge in [0.25, 0.3) is 0 Å².